The Morgan fingerprint density at radius 2 is 2.28 bits per heavy atom. The lowest BCUT2D eigenvalue weighted by Crippen LogP contribution is -2.37. The summed E-state index contributed by atoms with van der Waals surface area (Å²) in [7, 11) is 0. The topological polar surface area (TPSA) is 83.2 Å². The summed E-state index contributed by atoms with van der Waals surface area (Å²) >= 11 is 0. The first-order valence-electron chi connectivity index (χ1n) is 6.50. The third-order valence-electron chi connectivity index (χ3n) is 2.73. The first-order chi connectivity index (χ1) is 8.57. The van der Waals surface area contributed by atoms with Crippen molar-refractivity contribution in [3.05, 3.63) is 11.9 Å². The van der Waals surface area contributed by atoms with Crippen molar-refractivity contribution >= 4 is 0 Å². The first-order valence-corrected chi connectivity index (χ1v) is 6.50. The highest BCUT2D eigenvalue weighted by molar-refractivity contribution is 4.92. The van der Waals surface area contributed by atoms with E-state index in [0.717, 1.165) is 18.5 Å². The number of aromatic nitrogens is 3. The van der Waals surface area contributed by atoms with Crippen LogP contribution in [-0.2, 0) is 13.1 Å². The highest BCUT2D eigenvalue weighted by atomic mass is 16.3. The zero-order valence-corrected chi connectivity index (χ0v) is 11.3. The molecular formula is C12H24N4O2. The van der Waals surface area contributed by atoms with E-state index in [2.05, 4.69) is 22.6 Å². The Morgan fingerprint density at radius 3 is 2.94 bits per heavy atom. The molecule has 104 valence electrons. The highest BCUT2D eigenvalue weighted by Gasteiger charge is 2.18. The molecule has 0 amide bonds. The van der Waals surface area contributed by atoms with Gasteiger partial charge in [0.25, 0.3) is 0 Å². The second-order valence-electron chi connectivity index (χ2n) is 4.90. The van der Waals surface area contributed by atoms with E-state index in [1.165, 1.54) is 0 Å². The molecule has 0 fully saturated rings. The number of nitrogens with one attached hydrogen (secondary N) is 1. The molecule has 3 N–H and O–H groups in total. The second kappa shape index (κ2) is 7.45. The van der Waals surface area contributed by atoms with Crippen LogP contribution in [0.3, 0.4) is 0 Å². The molecule has 0 bridgehead atoms. The van der Waals surface area contributed by atoms with Gasteiger partial charge < -0.3 is 15.5 Å². The Balaban J connectivity index is 2.28. The normalized spacial score (nSPS) is 14.7. The molecule has 0 radical (unpaired) electrons. The van der Waals surface area contributed by atoms with Crippen molar-refractivity contribution in [1.82, 2.24) is 20.3 Å². The predicted molar refractivity (Wildman–Crippen MR) is 69.0 cm³/mol. The van der Waals surface area contributed by atoms with Gasteiger partial charge in [0.05, 0.1) is 11.3 Å². The monoisotopic (exact) mass is 256 g/mol. The van der Waals surface area contributed by atoms with Crippen molar-refractivity contribution in [1.29, 1.82) is 0 Å². The average Bonchev–Trinajstić information content (AvgIpc) is 2.74. The van der Waals surface area contributed by atoms with Crippen molar-refractivity contribution in [2.24, 2.45) is 0 Å². The van der Waals surface area contributed by atoms with Crippen LogP contribution in [0.4, 0.5) is 0 Å². The fourth-order valence-electron chi connectivity index (χ4n) is 1.85. The summed E-state index contributed by atoms with van der Waals surface area (Å²) in [6.45, 7) is 5.87. The van der Waals surface area contributed by atoms with E-state index in [0.29, 0.717) is 26.1 Å². The average molecular weight is 256 g/mol. The second-order valence-corrected chi connectivity index (χ2v) is 4.90. The van der Waals surface area contributed by atoms with E-state index in [9.17, 15) is 5.11 Å². The number of aryl methyl sites for hydroxylation is 1. The van der Waals surface area contributed by atoms with Gasteiger partial charge in [-0.25, -0.2) is 0 Å². The van der Waals surface area contributed by atoms with Gasteiger partial charge in [-0.1, -0.05) is 18.6 Å². The summed E-state index contributed by atoms with van der Waals surface area (Å²) in [5.74, 6) is 0. The van der Waals surface area contributed by atoms with Crippen molar-refractivity contribution < 1.29 is 10.2 Å². The zero-order valence-electron chi connectivity index (χ0n) is 11.3. The van der Waals surface area contributed by atoms with Gasteiger partial charge >= 0.3 is 0 Å². The molecule has 0 saturated heterocycles. The standard InChI is InChI=1S/C12H24N4O2/c1-3-5-12(2,18)10-13-8-11-9-16(15-14-11)6-4-7-17/h9,13,17-18H,3-8,10H2,1-2H3. The quantitative estimate of drug-likeness (QED) is 0.592. The molecule has 18 heavy (non-hydrogen) atoms. The molecule has 0 aliphatic carbocycles. The zero-order chi connectivity index (χ0) is 13.4. The molecule has 1 atom stereocenters. The summed E-state index contributed by atoms with van der Waals surface area (Å²) in [4.78, 5) is 0. The van der Waals surface area contributed by atoms with E-state index in [1.54, 1.807) is 4.68 Å². The van der Waals surface area contributed by atoms with Gasteiger partial charge in [-0.3, -0.25) is 4.68 Å². The van der Waals surface area contributed by atoms with Crippen LogP contribution in [0.1, 0.15) is 38.8 Å². The number of hydrogen-bond donors (Lipinski definition) is 3. The number of hydrogen-bond acceptors (Lipinski definition) is 5. The van der Waals surface area contributed by atoms with Gasteiger partial charge in [0.15, 0.2) is 0 Å². The van der Waals surface area contributed by atoms with Crippen LogP contribution < -0.4 is 5.32 Å². The SMILES string of the molecule is CCCC(C)(O)CNCc1cn(CCCO)nn1. The maximum atomic E-state index is 9.98. The Hall–Kier alpha value is -0.980. The van der Waals surface area contributed by atoms with E-state index >= 15 is 0 Å². The van der Waals surface area contributed by atoms with Gasteiger partial charge in [-0.15, -0.1) is 5.10 Å². The lowest BCUT2D eigenvalue weighted by molar-refractivity contribution is 0.0497. The van der Waals surface area contributed by atoms with Crippen LogP contribution in [0.5, 0.6) is 0 Å². The van der Waals surface area contributed by atoms with E-state index in [4.69, 9.17) is 5.11 Å². The van der Waals surface area contributed by atoms with Gasteiger partial charge in [-0.05, 0) is 19.8 Å². The molecule has 0 aromatic carbocycles. The Bertz CT molecular complexity index is 339. The Labute approximate surface area is 108 Å². The summed E-state index contributed by atoms with van der Waals surface area (Å²) in [5.41, 5.74) is 0.182. The summed E-state index contributed by atoms with van der Waals surface area (Å²) in [6.07, 6.45) is 4.29. The van der Waals surface area contributed by atoms with Gasteiger partial charge in [0.2, 0.25) is 0 Å². The maximum Gasteiger partial charge on any atom is 0.0964 e. The molecule has 0 spiro atoms. The van der Waals surface area contributed by atoms with E-state index in [1.807, 2.05) is 13.1 Å². The molecule has 0 aliphatic heterocycles. The summed E-state index contributed by atoms with van der Waals surface area (Å²) < 4.78 is 1.72. The van der Waals surface area contributed by atoms with Crippen molar-refractivity contribution in [2.75, 3.05) is 13.2 Å². The van der Waals surface area contributed by atoms with Crippen molar-refractivity contribution in [3.63, 3.8) is 0 Å². The molecule has 1 aromatic heterocycles. The molecule has 6 nitrogen and oxygen atoms in total. The highest BCUT2D eigenvalue weighted by Crippen LogP contribution is 2.10. The minimum atomic E-state index is -0.665. The smallest absolute Gasteiger partial charge is 0.0964 e. The number of rotatable bonds is 9. The maximum absolute atomic E-state index is 9.98. The number of aliphatic hydroxyl groups is 2. The lowest BCUT2D eigenvalue weighted by Gasteiger charge is -2.22. The third-order valence-corrected chi connectivity index (χ3v) is 2.73. The van der Waals surface area contributed by atoms with Gasteiger partial charge in [-0.2, -0.15) is 0 Å². The molecule has 1 heterocycles. The lowest BCUT2D eigenvalue weighted by atomic mass is 10.0. The molecule has 1 rings (SSSR count). The largest absolute Gasteiger partial charge is 0.396 e. The molecule has 6 heteroatoms. The predicted octanol–water partition coefficient (Wildman–Crippen LogP) is 0.301. The Kier molecular flexibility index (Phi) is 6.24. The van der Waals surface area contributed by atoms with Crippen LogP contribution in [0.15, 0.2) is 6.20 Å². The van der Waals surface area contributed by atoms with E-state index in [-0.39, 0.29) is 6.61 Å². The summed E-state index contributed by atoms with van der Waals surface area (Å²) in [5, 5.41) is 29.9. The fraction of sp³-hybridized carbons (Fsp3) is 0.833. The first kappa shape index (κ1) is 15.1. The molecular weight excluding hydrogens is 232 g/mol. The van der Waals surface area contributed by atoms with Crippen molar-refractivity contribution in [2.45, 2.75) is 51.8 Å². The molecule has 0 aliphatic rings. The van der Waals surface area contributed by atoms with Crippen LogP contribution in [0, 0.1) is 0 Å². The molecule has 0 saturated carbocycles. The minimum absolute atomic E-state index is 0.160. The number of nitrogens with zero attached hydrogens (tertiary/aromatic N) is 3. The summed E-state index contributed by atoms with van der Waals surface area (Å²) in [6, 6.07) is 0. The third kappa shape index (κ3) is 5.57. The van der Waals surface area contributed by atoms with Gasteiger partial charge in [0.1, 0.15) is 0 Å². The van der Waals surface area contributed by atoms with Crippen LogP contribution >= 0.6 is 0 Å². The van der Waals surface area contributed by atoms with Crippen LogP contribution in [0.25, 0.3) is 0 Å². The number of aliphatic hydroxyl groups excluding tert-OH is 1. The fourth-order valence-corrected chi connectivity index (χ4v) is 1.85. The van der Waals surface area contributed by atoms with Crippen LogP contribution in [0.2, 0.25) is 0 Å². The minimum Gasteiger partial charge on any atom is -0.396 e. The van der Waals surface area contributed by atoms with Crippen molar-refractivity contribution in [3.8, 4) is 0 Å². The molecule has 1 aromatic rings. The Morgan fingerprint density at radius 1 is 1.50 bits per heavy atom. The van der Waals surface area contributed by atoms with Crippen LogP contribution in [-0.4, -0.2) is 44.0 Å². The van der Waals surface area contributed by atoms with E-state index < -0.39 is 5.60 Å². The van der Waals surface area contributed by atoms with Gasteiger partial charge in [0, 0.05) is 32.4 Å². The molecule has 1 unspecified atom stereocenters.